The van der Waals surface area contributed by atoms with E-state index in [2.05, 4.69) is 31.1 Å². The number of likely N-dealkylation sites (N-methyl/N-ethyl adjacent to an activating group) is 1. The molecule has 2 rings (SSSR count). The highest BCUT2D eigenvalue weighted by Crippen LogP contribution is 2.38. The van der Waals surface area contributed by atoms with Crippen molar-refractivity contribution in [3.63, 3.8) is 0 Å². The highest BCUT2D eigenvalue weighted by atomic mass is 15.2. The molecule has 0 aromatic heterocycles. The molecule has 1 aliphatic heterocycles. The summed E-state index contributed by atoms with van der Waals surface area (Å²) in [6, 6.07) is 0.681. The molecule has 1 heterocycles. The molecule has 0 aromatic rings. The molecule has 2 aliphatic rings. The molecule has 2 fully saturated rings. The number of nitrogens with zero attached hydrogens (tertiary/aromatic N) is 1. The average molecular weight is 239 g/mol. The molecule has 0 amide bonds. The summed E-state index contributed by atoms with van der Waals surface area (Å²) in [6.45, 7) is 7.88. The van der Waals surface area contributed by atoms with E-state index in [-0.39, 0.29) is 5.54 Å². The number of hydrogen-bond donors (Lipinski definition) is 2. The minimum atomic E-state index is 0.179. The van der Waals surface area contributed by atoms with E-state index in [1.165, 1.54) is 38.6 Å². The van der Waals surface area contributed by atoms with Crippen molar-refractivity contribution in [2.45, 2.75) is 57.5 Å². The van der Waals surface area contributed by atoms with Crippen LogP contribution in [-0.4, -0.2) is 43.2 Å². The van der Waals surface area contributed by atoms with Crippen LogP contribution >= 0.6 is 0 Å². The van der Waals surface area contributed by atoms with Crippen molar-refractivity contribution in [2.75, 3.05) is 26.7 Å². The monoisotopic (exact) mass is 239 g/mol. The summed E-state index contributed by atoms with van der Waals surface area (Å²) in [5.74, 6) is 0. The van der Waals surface area contributed by atoms with Gasteiger partial charge < -0.3 is 16.0 Å². The Bertz CT molecular complexity index is 264. The molecule has 3 N–H and O–H groups in total. The summed E-state index contributed by atoms with van der Waals surface area (Å²) in [5, 5.41) is 3.90. The van der Waals surface area contributed by atoms with Crippen molar-refractivity contribution < 1.29 is 0 Å². The minimum absolute atomic E-state index is 0.179. The second-order valence-electron chi connectivity index (χ2n) is 7.07. The van der Waals surface area contributed by atoms with E-state index in [0.717, 1.165) is 13.1 Å². The van der Waals surface area contributed by atoms with E-state index in [1.807, 2.05) is 0 Å². The fourth-order valence-corrected chi connectivity index (χ4v) is 3.70. The summed E-state index contributed by atoms with van der Waals surface area (Å²) in [6.07, 6.45) is 6.49. The fraction of sp³-hybridized carbons (Fsp3) is 1.00. The average Bonchev–Trinajstić information content (AvgIpc) is 2.58. The van der Waals surface area contributed by atoms with Crippen LogP contribution in [0.15, 0.2) is 0 Å². The molecule has 1 aliphatic carbocycles. The van der Waals surface area contributed by atoms with Gasteiger partial charge in [-0.1, -0.05) is 13.8 Å². The van der Waals surface area contributed by atoms with Crippen molar-refractivity contribution in [2.24, 2.45) is 11.1 Å². The summed E-state index contributed by atoms with van der Waals surface area (Å²) in [4.78, 5) is 2.42. The lowest BCUT2D eigenvalue weighted by molar-refractivity contribution is 0.135. The van der Waals surface area contributed by atoms with Crippen LogP contribution in [0, 0.1) is 5.41 Å². The Balaban J connectivity index is 1.95. The molecule has 2 atom stereocenters. The first kappa shape index (κ1) is 13.3. The second kappa shape index (κ2) is 4.87. The number of piperidine rings is 1. The molecule has 3 nitrogen and oxygen atoms in total. The van der Waals surface area contributed by atoms with E-state index < -0.39 is 0 Å². The first-order chi connectivity index (χ1) is 7.95. The van der Waals surface area contributed by atoms with Crippen LogP contribution in [0.3, 0.4) is 0 Å². The Hall–Kier alpha value is -0.120. The lowest BCUT2D eigenvalue weighted by Crippen LogP contribution is -2.62. The molecular formula is C14H29N3. The summed E-state index contributed by atoms with van der Waals surface area (Å²) in [5.41, 5.74) is 6.76. The van der Waals surface area contributed by atoms with Gasteiger partial charge in [0, 0.05) is 24.7 Å². The van der Waals surface area contributed by atoms with E-state index in [1.54, 1.807) is 0 Å². The Kier molecular flexibility index (Phi) is 3.81. The molecular weight excluding hydrogens is 210 g/mol. The third kappa shape index (κ3) is 3.21. The zero-order valence-corrected chi connectivity index (χ0v) is 11.8. The van der Waals surface area contributed by atoms with Crippen molar-refractivity contribution in [3.8, 4) is 0 Å². The molecule has 0 bridgehead atoms. The Morgan fingerprint density at radius 3 is 2.65 bits per heavy atom. The molecule has 100 valence electrons. The zero-order valence-electron chi connectivity index (χ0n) is 11.8. The van der Waals surface area contributed by atoms with Crippen molar-refractivity contribution in [1.82, 2.24) is 10.2 Å². The van der Waals surface area contributed by atoms with E-state index in [9.17, 15) is 0 Å². The van der Waals surface area contributed by atoms with Gasteiger partial charge in [0.15, 0.2) is 0 Å². The second-order valence-corrected chi connectivity index (χ2v) is 7.07. The number of hydrogen-bond acceptors (Lipinski definition) is 3. The number of nitrogens with one attached hydrogen (secondary N) is 1. The Labute approximate surface area is 106 Å². The lowest BCUT2D eigenvalue weighted by Gasteiger charge is -2.43. The topological polar surface area (TPSA) is 41.3 Å². The van der Waals surface area contributed by atoms with Gasteiger partial charge in [0.25, 0.3) is 0 Å². The molecule has 1 saturated heterocycles. The van der Waals surface area contributed by atoms with Crippen LogP contribution in [0.5, 0.6) is 0 Å². The standard InChI is InChI=1S/C14H29N3/c1-13(2)7-5-12(9-13)16-14(10-15)6-4-8-17(3)11-14/h12,16H,4-11,15H2,1-3H3. The van der Waals surface area contributed by atoms with E-state index in [0.29, 0.717) is 11.5 Å². The van der Waals surface area contributed by atoms with Gasteiger partial charge in [0.05, 0.1) is 0 Å². The van der Waals surface area contributed by atoms with Crippen LogP contribution in [-0.2, 0) is 0 Å². The predicted octanol–water partition coefficient (Wildman–Crippen LogP) is 1.58. The Morgan fingerprint density at radius 1 is 1.35 bits per heavy atom. The van der Waals surface area contributed by atoms with Crippen LogP contribution in [0.25, 0.3) is 0 Å². The third-order valence-electron chi connectivity index (χ3n) is 4.64. The number of nitrogens with two attached hydrogens (primary N) is 1. The van der Waals surface area contributed by atoms with Crippen LogP contribution in [0.1, 0.15) is 46.0 Å². The maximum Gasteiger partial charge on any atom is 0.0435 e. The van der Waals surface area contributed by atoms with Crippen molar-refractivity contribution in [1.29, 1.82) is 0 Å². The lowest BCUT2D eigenvalue weighted by atomic mass is 9.87. The molecule has 0 aromatic carbocycles. The van der Waals surface area contributed by atoms with E-state index in [4.69, 9.17) is 5.73 Å². The van der Waals surface area contributed by atoms with E-state index >= 15 is 0 Å². The zero-order chi connectivity index (χ0) is 12.5. The van der Waals surface area contributed by atoms with Crippen LogP contribution in [0.2, 0.25) is 0 Å². The quantitative estimate of drug-likeness (QED) is 0.785. The van der Waals surface area contributed by atoms with Crippen LogP contribution < -0.4 is 11.1 Å². The smallest absolute Gasteiger partial charge is 0.0435 e. The normalized spacial score (nSPS) is 38.5. The van der Waals surface area contributed by atoms with Crippen molar-refractivity contribution in [3.05, 3.63) is 0 Å². The highest BCUT2D eigenvalue weighted by Gasteiger charge is 2.38. The fourth-order valence-electron chi connectivity index (χ4n) is 3.70. The summed E-state index contributed by atoms with van der Waals surface area (Å²) >= 11 is 0. The number of likely N-dealkylation sites (tertiary alicyclic amines) is 1. The van der Waals surface area contributed by atoms with Gasteiger partial charge in [-0.25, -0.2) is 0 Å². The molecule has 0 radical (unpaired) electrons. The van der Waals surface area contributed by atoms with Gasteiger partial charge in [0.1, 0.15) is 0 Å². The largest absolute Gasteiger partial charge is 0.329 e. The molecule has 0 spiro atoms. The van der Waals surface area contributed by atoms with Gasteiger partial charge in [-0.3, -0.25) is 0 Å². The van der Waals surface area contributed by atoms with Gasteiger partial charge in [-0.15, -0.1) is 0 Å². The predicted molar refractivity (Wildman–Crippen MR) is 73.1 cm³/mol. The molecule has 1 saturated carbocycles. The SMILES string of the molecule is CN1CCCC(CN)(NC2CCC(C)(C)C2)C1. The first-order valence-electron chi connectivity index (χ1n) is 7.11. The van der Waals surface area contributed by atoms with Crippen LogP contribution in [0.4, 0.5) is 0 Å². The van der Waals surface area contributed by atoms with Crippen molar-refractivity contribution >= 4 is 0 Å². The summed E-state index contributed by atoms with van der Waals surface area (Å²) in [7, 11) is 2.21. The minimum Gasteiger partial charge on any atom is -0.329 e. The molecule has 3 heteroatoms. The highest BCUT2D eigenvalue weighted by molar-refractivity contribution is 4.99. The van der Waals surface area contributed by atoms with Gasteiger partial charge in [-0.05, 0) is 51.1 Å². The molecule has 17 heavy (non-hydrogen) atoms. The Morgan fingerprint density at radius 2 is 2.12 bits per heavy atom. The molecule has 2 unspecified atom stereocenters. The van der Waals surface area contributed by atoms with Gasteiger partial charge in [-0.2, -0.15) is 0 Å². The van der Waals surface area contributed by atoms with Gasteiger partial charge >= 0.3 is 0 Å². The summed E-state index contributed by atoms with van der Waals surface area (Å²) < 4.78 is 0. The maximum atomic E-state index is 6.06. The number of rotatable bonds is 3. The van der Waals surface area contributed by atoms with Gasteiger partial charge in [0.2, 0.25) is 0 Å². The first-order valence-corrected chi connectivity index (χ1v) is 7.11. The third-order valence-corrected chi connectivity index (χ3v) is 4.64. The maximum absolute atomic E-state index is 6.06.